The molecule has 0 fully saturated rings. The largest absolute Gasteiger partial charge is 0.298 e. The monoisotopic (exact) mass is 134 g/mol. The van der Waals surface area contributed by atoms with Gasteiger partial charge in [0, 0.05) is 17.6 Å². The first-order chi connectivity index (χ1) is 4.88. The lowest BCUT2D eigenvalue weighted by Crippen LogP contribution is -1.97. The van der Waals surface area contributed by atoms with Crippen molar-refractivity contribution in [3.05, 3.63) is 29.7 Å². The van der Waals surface area contributed by atoms with Crippen LogP contribution in [-0.2, 0) is 9.59 Å². The van der Waals surface area contributed by atoms with E-state index in [-0.39, 0.29) is 0 Å². The maximum atomic E-state index is 10.2. The fourth-order valence-corrected chi connectivity index (χ4v) is 0.757. The number of hydrogen-bond donors (Lipinski definition) is 0. The SMILES string of the molecule is O=CC1=C[C]CC=C1C=O. The first-order valence-corrected chi connectivity index (χ1v) is 2.93. The van der Waals surface area contributed by atoms with Gasteiger partial charge in [0.15, 0.2) is 0 Å². The van der Waals surface area contributed by atoms with Gasteiger partial charge in [-0.2, -0.15) is 0 Å². The second-order valence-corrected chi connectivity index (χ2v) is 1.90. The van der Waals surface area contributed by atoms with Gasteiger partial charge in [-0.1, -0.05) is 12.2 Å². The van der Waals surface area contributed by atoms with Crippen molar-refractivity contribution in [3.8, 4) is 0 Å². The summed E-state index contributed by atoms with van der Waals surface area (Å²) in [5, 5.41) is 0. The Balaban J connectivity index is 2.86. The van der Waals surface area contributed by atoms with Crippen molar-refractivity contribution in [2.45, 2.75) is 6.42 Å². The topological polar surface area (TPSA) is 34.1 Å². The standard InChI is InChI=1S/C8H6O2/c9-5-7-3-1-2-4-8(7)6-10/h3-6H,1H2. The molecule has 0 amide bonds. The van der Waals surface area contributed by atoms with Crippen LogP contribution in [0.25, 0.3) is 0 Å². The van der Waals surface area contributed by atoms with Gasteiger partial charge >= 0.3 is 0 Å². The number of hydrogen-bond acceptors (Lipinski definition) is 2. The summed E-state index contributed by atoms with van der Waals surface area (Å²) in [5.74, 6) is 0. The predicted octanol–water partition coefficient (Wildman–Crippen LogP) is 0.722. The maximum absolute atomic E-state index is 10.2. The molecule has 0 spiro atoms. The van der Waals surface area contributed by atoms with E-state index in [1.54, 1.807) is 6.08 Å². The Bertz CT molecular complexity index is 187. The van der Waals surface area contributed by atoms with E-state index in [9.17, 15) is 9.59 Å². The summed E-state index contributed by atoms with van der Waals surface area (Å²) >= 11 is 0. The minimum Gasteiger partial charge on any atom is -0.298 e. The van der Waals surface area contributed by atoms with Crippen LogP contribution in [0.15, 0.2) is 23.3 Å². The van der Waals surface area contributed by atoms with Crippen LogP contribution in [-0.4, -0.2) is 12.6 Å². The molecule has 1 aliphatic carbocycles. The van der Waals surface area contributed by atoms with Crippen LogP contribution >= 0.6 is 0 Å². The third-order valence-electron chi connectivity index (χ3n) is 1.28. The first-order valence-electron chi connectivity index (χ1n) is 2.93. The van der Waals surface area contributed by atoms with E-state index in [0.29, 0.717) is 30.1 Å². The van der Waals surface area contributed by atoms with Crippen LogP contribution in [0.5, 0.6) is 0 Å². The minimum atomic E-state index is 0.418. The van der Waals surface area contributed by atoms with Crippen molar-refractivity contribution in [1.82, 2.24) is 0 Å². The van der Waals surface area contributed by atoms with Crippen LogP contribution < -0.4 is 0 Å². The molecule has 0 aromatic heterocycles. The minimum absolute atomic E-state index is 0.418. The molecule has 1 rings (SSSR count). The lowest BCUT2D eigenvalue weighted by molar-refractivity contribution is -0.107. The molecule has 1 aliphatic rings. The molecule has 0 aromatic carbocycles. The highest BCUT2D eigenvalue weighted by atomic mass is 16.1. The van der Waals surface area contributed by atoms with Crippen LogP contribution in [0.4, 0.5) is 0 Å². The number of rotatable bonds is 2. The van der Waals surface area contributed by atoms with Crippen molar-refractivity contribution in [1.29, 1.82) is 0 Å². The van der Waals surface area contributed by atoms with E-state index < -0.39 is 0 Å². The normalized spacial score (nSPS) is 17.2. The van der Waals surface area contributed by atoms with Gasteiger partial charge in [0.05, 0.1) is 0 Å². The molecule has 0 saturated carbocycles. The van der Waals surface area contributed by atoms with Crippen molar-refractivity contribution >= 4 is 12.6 Å². The molecular formula is C8H6O2. The van der Waals surface area contributed by atoms with Crippen molar-refractivity contribution < 1.29 is 9.59 Å². The highest BCUT2D eigenvalue weighted by molar-refractivity contribution is 5.95. The molecule has 50 valence electrons. The van der Waals surface area contributed by atoms with Gasteiger partial charge in [-0.15, -0.1) is 0 Å². The lowest BCUT2D eigenvalue weighted by atomic mass is 10.0. The van der Waals surface area contributed by atoms with E-state index in [1.807, 2.05) is 0 Å². The second-order valence-electron chi connectivity index (χ2n) is 1.90. The number of carbonyl (C=O) groups is 2. The summed E-state index contributed by atoms with van der Waals surface area (Å²) in [5.41, 5.74) is 0.884. The Morgan fingerprint density at radius 1 is 1.30 bits per heavy atom. The molecule has 2 nitrogen and oxygen atoms in total. The molecule has 0 atom stereocenters. The molecule has 0 N–H and O–H groups in total. The molecule has 0 aromatic rings. The number of aldehydes is 2. The third kappa shape index (κ3) is 1.21. The Labute approximate surface area is 59.2 Å². The Morgan fingerprint density at radius 3 is 2.50 bits per heavy atom. The summed E-state index contributed by atoms with van der Waals surface area (Å²) in [6, 6.07) is 0. The highest BCUT2D eigenvalue weighted by Crippen LogP contribution is 2.13. The van der Waals surface area contributed by atoms with Crippen molar-refractivity contribution in [2.75, 3.05) is 0 Å². The van der Waals surface area contributed by atoms with Gasteiger partial charge in [0.2, 0.25) is 0 Å². The van der Waals surface area contributed by atoms with Gasteiger partial charge in [0.1, 0.15) is 12.6 Å². The van der Waals surface area contributed by atoms with E-state index in [4.69, 9.17) is 0 Å². The summed E-state index contributed by atoms with van der Waals surface area (Å²) < 4.78 is 0. The Hall–Kier alpha value is -1.18. The second kappa shape index (κ2) is 3.11. The van der Waals surface area contributed by atoms with Crippen molar-refractivity contribution in [3.63, 3.8) is 0 Å². The first kappa shape index (κ1) is 6.93. The van der Waals surface area contributed by atoms with Crippen LogP contribution in [0.2, 0.25) is 0 Å². The van der Waals surface area contributed by atoms with Gasteiger partial charge in [-0.05, 0) is 6.42 Å². The Morgan fingerprint density at radius 2 is 2.00 bits per heavy atom. The summed E-state index contributed by atoms with van der Waals surface area (Å²) in [7, 11) is 0. The van der Waals surface area contributed by atoms with Crippen LogP contribution in [0, 0.1) is 6.42 Å². The average Bonchev–Trinajstić information content (AvgIpc) is 2.04. The number of carbonyl (C=O) groups excluding carboxylic acids is 2. The molecule has 2 radical (unpaired) electrons. The maximum Gasteiger partial charge on any atom is 0.150 e. The molecule has 0 unspecified atom stereocenters. The van der Waals surface area contributed by atoms with E-state index >= 15 is 0 Å². The van der Waals surface area contributed by atoms with Gasteiger partial charge in [-0.25, -0.2) is 0 Å². The fraction of sp³-hybridized carbons (Fsp3) is 0.125. The van der Waals surface area contributed by atoms with Gasteiger partial charge in [0.25, 0.3) is 0 Å². The van der Waals surface area contributed by atoms with Gasteiger partial charge in [-0.3, -0.25) is 9.59 Å². The van der Waals surface area contributed by atoms with E-state index in [2.05, 4.69) is 6.42 Å². The third-order valence-corrected chi connectivity index (χ3v) is 1.28. The molecule has 0 heterocycles. The average molecular weight is 134 g/mol. The fourth-order valence-electron chi connectivity index (χ4n) is 0.757. The van der Waals surface area contributed by atoms with E-state index in [1.165, 1.54) is 6.08 Å². The summed E-state index contributed by atoms with van der Waals surface area (Å²) in [4.78, 5) is 20.5. The molecule has 0 bridgehead atoms. The molecular weight excluding hydrogens is 128 g/mol. The highest BCUT2D eigenvalue weighted by Gasteiger charge is 2.05. The zero-order chi connectivity index (χ0) is 7.40. The van der Waals surface area contributed by atoms with Gasteiger partial charge < -0.3 is 0 Å². The quantitative estimate of drug-likeness (QED) is 0.521. The zero-order valence-electron chi connectivity index (χ0n) is 5.33. The summed E-state index contributed by atoms with van der Waals surface area (Å²) in [6.07, 6.45) is 7.99. The molecule has 2 heteroatoms. The lowest BCUT2D eigenvalue weighted by Gasteiger charge is -2.02. The van der Waals surface area contributed by atoms with Crippen LogP contribution in [0.1, 0.15) is 6.42 Å². The molecule has 0 saturated heterocycles. The Kier molecular flexibility index (Phi) is 2.15. The summed E-state index contributed by atoms with van der Waals surface area (Å²) in [6.45, 7) is 0. The number of allylic oxidation sites excluding steroid dienone is 4. The zero-order valence-corrected chi connectivity index (χ0v) is 5.33. The predicted molar refractivity (Wildman–Crippen MR) is 36.2 cm³/mol. The van der Waals surface area contributed by atoms with Crippen molar-refractivity contribution in [2.24, 2.45) is 0 Å². The molecule has 0 aliphatic heterocycles. The van der Waals surface area contributed by atoms with Crippen LogP contribution in [0.3, 0.4) is 0 Å². The smallest absolute Gasteiger partial charge is 0.150 e. The molecule has 10 heavy (non-hydrogen) atoms. The van der Waals surface area contributed by atoms with E-state index in [0.717, 1.165) is 0 Å².